The molecule has 5 nitrogen and oxygen atoms in total. The van der Waals surface area contributed by atoms with Gasteiger partial charge in [0.1, 0.15) is 0 Å². The van der Waals surface area contributed by atoms with Gasteiger partial charge in [-0.1, -0.05) is 13.8 Å². The van der Waals surface area contributed by atoms with Crippen LogP contribution >= 0.6 is 0 Å². The summed E-state index contributed by atoms with van der Waals surface area (Å²) < 4.78 is 0. The van der Waals surface area contributed by atoms with Crippen molar-refractivity contribution in [1.29, 1.82) is 0 Å². The van der Waals surface area contributed by atoms with Crippen LogP contribution in [-0.4, -0.2) is 30.4 Å². The van der Waals surface area contributed by atoms with Crippen LogP contribution in [-0.2, 0) is 9.59 Å². The minimum absolute atomic E-state index is 0.00299. The van der Waals surface area contributed by atoms with Crippen LogP contribution in [0.15, 0.2) is 0 Å². The minimum atomic E-state index is -0.399. The van der Waals surface area contributed by atoms with E-state index in [0.717, 1.165) is 6.42 Å². The summed E-state index contributed by atoms with van der Waals surface area (Å²) in [6, 6.07) is 0. The van der Waals surface area contributed by atoms with Crippen molar-refractivity contribution in [2.24, 2.45) is 11.7 Å². The zero-order valence-corrected chi connectivity index (χ0v) is 10.6. The third kappa shape index (κ3) is 6.40. The molecule has 0 rings (SSSR count). The van der Waals surface area contributed by atoms with E-state index in [-0.39, 0.29) is 18.4 Å². The average molecular weight is 229 g/mol. The molecule has 0 aliphatic rings. The molecule has 0 aromatic carbocycles. The highest BCUT2D eigenvalue weighted by atomic mass is 16.2. The van der Waals surface area contributed by atoms with E-state index in [4.69, 9.17) is 5.73 Å². The second-order valence-electron chi connectivity index (χ2n) is 4.82. The van der Waals surface area contributed by atoms with Gasteiger partial charge in [-0.05, 0) is 19.3 Å². The monoisotopic (exact) mass is 229 g/mol. The molecule has 0 saturated carbocycles. The molecule has 16 heavy (non-hydrogen) atoms. The van der Waals surface area contributed by atoms with E-state index < -0.39 is 5.54 Å². The van der Waals surface area contributed by atoms with E-state index in [9.17, 15) is 9.59 Å². The Morgan fingerprint density at radius 3 is 2.31 bits per heavy atom. The van der Waals surface area contributed by atoms with Gasteiger partial charge in [-0.15, -0.1) is 0 Å². The molecule has 5 heteroatoms. The van der Waals surface area contributed by atoms with Gasteiger partial charge in [-0.3, -0.25) is 9.59 Å². The van der Waals surface area contributed by atoms with E-state index in [2.05, 4.69) is 24.5 Å². The first-order valence-electron chi connectivity index (χ1n) is 5.54. The lowest BCUT2D eigenvalue weighted by atomic mass is 9.91. The van der Waals surface area contributed by atoms with E-state index in [1.807, 2.05) is 6.92 Å². The van der Waals surface area contributed by atoms with Crippen LogP contribution in [0.4, 0.5) is 0 Å². The predicted octanol–water partition coefficient (Wildman–Crippen LogP) is 0.00220. The van der Waals surface area contributed by atoms with Crippen molar-refractivity contribution in [3.63, 3.8) is 0 Å². The van der Waals surface area contributed by atoms with Crippen LogP contribution in [0.2, 0.25) is 0 Å². The van der Waals surface area contributed by atoms with Gasteiger partial charge in [0, 0.05) is 19.0 Å². The Labute approximate surface area is 97.2 Å². The third-order valence-corrected chi connectivity index (χ3v) is 2.25. The maximum atomic E-state index is 11.5. The summed E-state index contributed by atoms with van der Waals surface area (Å²) in [6.45, 7) is 7.84. The number of nitrogens with one attached hydrogen (secondary N) is 2. The highest BCUT2D eigenvalue weighted by molar-refractivity contribution is 5.84. The van der Waals surface area contributed by atoms with Crippen LogP contribution < -0.4 is 16.4 Å². The lowest BCUT2D eigenvalue weighted by Crippen LogP contribution is -2.54. The molecule has 1 atom stereocenters. The third-order valence-electron chi connectivity index (χ3n) is 2.25. The molecular formula is C11H23N3O2. The second kappa shape index (κ2) is 6.48. The summed E-state index contributed by atoms with van der Waals surface area (Å²) in [6.07, 6.45) is 0.815. The topological polar surface area (TPSA) is 84.2 Å². The molecule has 1 unspecified atom stereocenters. The van der Waals surface area contributed by atoms with Crippen LogP contribution in [0, 0.1) is 5.92 Å². The summed E-state index contributed by atoms with van der Waals surface area (Å²) in [7, 11) is 0. The molecule has 2 amide bonds. The molecule has 0 aromatic rings. The van der Waals surface area contributed by atoms with Crippen molar-refractivity contribution in [2.45, 2.75) is 39.7 Å². The molecule has 0 fully saturated rings. The number of carbonyl (C=O) groups excluding carboxylic acids is 2. The van der Waals surface area contributed by atoms with Gasteiger partial charge in [-0.25, -0.2) is 0 Å². The lowest BCUT2D eigenvalue weighted by molar-refractivity contribution is -0.126. The number of carbonyl (C=O) groups is 2. The first-order chi connectivity index (χ1) is 7.29. The fraction of sp³-hybridized carbons (Fsp3) is 0.818. The van der Waals surface area contributed by atoms with Gasteiger partial charge in [0.25, 0.3) is 0 Å². The van der Waals surface area contributed by atoms with Crippen molar-refractivity contribution < 1.29 is 9.59 Å². The van der Waals surface area contributed by atoms with E-state index >= 15 is 0 Å². The van der Waals surface area contributed by atoms with Gasteiger partial charge in [0.2, 0.25) is 11.8 Å². The molecule has 0 aliphatic heterocycles. The largest absolute Gasteiger partial charge is 0.348 e. The van der Waals surface area contributed by atoms with Crippen LogP contribution in [0.1, 0.15) is 34.1 Å². The van der Waals surface area contributed by atoms with Crippen LogP contribution in [0.5, 0.6) is 0 Å². The summed E-state index contributed by atoms with van der Waals surface area (Å²) in [5.74, 6) is 0.0341. The zero-order chi connectivity index (χ0) is 12.8. The smallest absolute Gasteiger partial charge is 0.239 e. The number of nitrogens with two attached hydrogens (primary N) is 1. The molecule has 0 aromatic heterocycles. The normalized spacial score (nSPS) is 14.4. The Morgan fingerprint density at radius 2 is 1.94 bits per heavy atom. The van der Waals surface area contributed by atoms with Crippen molar-refractivity contribution in [3.8, 4) is 0 Å². The average Bonchev–Trinajstić information content (AvgIpc) is 2.13. The standard InChI is InChI=1S/C11H23N3O2/c1-8(2)5-11(4,7-12)14-10(16)6-13-9(3)15/h8H,5-7,12H2,1-4H3,(H,13,15)(H,14,16). The van der Waals surface area contributed by atoms with Crippen molar-refractivity contribution in [1.82, 2.24) is 10.6 Å². The minimum Gasteiger partial charge on any atom is -0.348 e. The van der Waals surface area contributed by atoms with Gasteiger partial charge >= 0.3 is 0 Å². The molecule has 0 spiro atoms. The Balaban J connectivity index is 4.19. The quantitative estimate of drug-likeness (QED) is 0.599. The fourth-order valence-corrected chi connectivity index (χ4v) is 1.67. The van der Waals surface area contributed by atoms with Crippen molar-refractivity contribution >= 4 is 11.8 Å². The van der Waals surface area contributed by atoms with Gasteiger partial charge < -0.3 is 16.4 Å². The predicted molar refractivity (Wildman–Crippen MR) is 63.7 cm³/mol. The summed E-state index contributed by atoms with van der Waals surface area (Å²) in [5.41, 5.74) is 5.26. The molecule has 0 bridgehead atoms. The Kier molecular flexibility index (Phi) is 6.03. The maximum Gasteiger partial charge on any atom is 0.239 e. The number of hydrogen-bond acceptors (Lipinski definition) is 3. The number of hydrogen-bond donors (Lipinski definition) is 3. The maximum absolute atomic E-state index is 11.5. The Hall–Kier alpha value is -1.10. The van der Waals surface area contributed by atoms with Gasteiger partial charge in [0.15, 0.2) is 0 Å². The molecule has 0 saturated heterocycles. The molecule has 0 heterocycles. The van der Waals surface area contributed by atoms with Crippen molar-refractivity contribution in [2.75, 3.05) is 13.1 Å². The first-order valence-corrected chi connectivity index (χ1v) is 5.54. The van der Waals surface area contributed by atoms with E-state index in [1.165, 1.54) is 6.92 Å². The summed E-state index contributed by atoms with van der Waals surface area (Å²) in [4.78, 5) is 22.2. The highest BCUT2D eigenvalue weighted by Gasteiger charge is 2.25. The molecular weight excluding hydrogens is 206 g/mol. The molecule has 4 N–H and O–H groups in total. The van der Waals surface area contributed by atoms with E-state index in [0.29, 0.717) is 12.5 Å². The number of amides is 2. The van der Waals surface area contributed by atoms with Crippen molar-refractivity contribution in [3.05, 3.63) is 0 Å². The SMILES string of the molecule is CC(=O)NCC(=O)NC(C)(CN)CC(C)C. The molecule has 0 radical (unpaired) electrons. The fourth-order valence-electron chi connectivity index (χ4n) is 1.67. The van der Waals surface area contributed by atoms with Crippen LogP contribution in [0.25, 0.3) is 0 Å². The van der Waals surface area contributed by atoms with Crippen LogP contribution in [0.3, 0.4) is 0 Å². The second-order valence-corrected chi connectivity index (χ2v) is 4.82. The van der Waals surface area contributed by atoms with Gasteiger partial charge in [0.05, 0.1) is 6.54 Å². The van der Waals surface area contributed by atoms with E-state index in [1.54, 1.807) is 0 Å². The molecule has 94 valence electrons. The molecule has 0 aliphatic carbocycles. The summed E-state index contributed by atoms with van der Waals surface area (Å²) in [5, 5.41) is 5.30. The zero-order valence-electron chi connectivity index (χ0n) is 10.6. The Bertz CT molecular complexity index is 254. The Morgan fingerprint density at radius 1 is 1.38 bits per heavy atom. The lowest BCUT2D eigenvalue weighted by Gasteiger charge is -2.31. The highest BCUT2D eigenvalue weighted by Crippen LogP contribution is 2.14. The summed E-state index contributed by atoms with van der Waals surface area (Å²) >= 11 is 0. The number of rotatable bonds is 6. The van der Waals surface area contributed by atoms with Gasteiger partial charge in [-0.2, -0.15) is 0 Å². The first kappa shape index (κ1) is 14.9.